The van der Waals surface area contributed by atoms with Gasteiger partial charge >= 0.3 is 0 Å². The summed E-state index contributed by atoms with van der Waals surface area (Å²) in [5.41, 5.74) is 1.59. The van der Waals surface area contributed by atoms with E-state index in [4.69, 9.17) is 11.6 Å². The molecule has 2 aromatic carbocycles. The predicted octanol–water partition coefficient (Wildman–Crippen LogP) is 4.67. The number of halogens is 2. The Morgan fingerprint density at radius 3 is 2.32 bits per heavy atom. The molecule has 0 aliphatic carbocycles. The first-order valence-electron chi connectivity index (χ1n) is 5.64. The third-order valence-corrected chi connectivity index (χ3v) is 3.22. The summed E-state index contributed by atoms with van der Waals surface area (Å²) < 4.78 is 0.955. The van der Waals surface area contributed by atoms with E-state index in [0.717, 1.165) is 10.0 Å². The maximum absolute atomic E-state index is 11.9. The third kappa shape index (κ3) is 4.23. The minimum atomic E-state index is -0.326. The Morgan fingerprint density at radius 1 is 1.05 bits per heavy atom. The van der Waals surface area contributed by atoms with Crippen LogP contribution >= 0.6 is 27.5 Å². The van der Waals surface area contributed by atoms with Gasteiger partial charge in [-0.1, -0.05) is 57.9 Å². The first-order valence-corrected chi connectivity index (χ1v) is 6.81. The zero-order chi connectivity index (χ0) is 13.7. The first kappa shape index (κ1) is 13.8. The van der Waals surface area contributed by atoms with E-state index in [0.29, 0.717) is 5.69 Å². The first-order chi connectivity index (χ1) is 9.15. The van der Waals surface area contributed by atoms with Crippen LogP contribution in [0.15, 0.2) is 64.1 Å². The van der Waals surface area contributed by atoms with Gasteiger partial charge in [0.15, 0.2) is 0 Å². The van der Waals surface area contributed by atoms with Crippen LogP contribution in [0.4, 0.5) is 5.69 Å². The molecular weight excluding hydrogens is 326 g/mol. The second kappa shape index (κ2) is 6.55. The van der Waals surface area contributed by atoms with Crippen LogP contribution < -0.4 is 5.32 Å². The van der Waals surface area contributed by atoms with Crippen molar-refractivity contribution >= 4 is 45.2 Å². The molecule has 1 amide bonds. The van der Waals surface area contributed by atoms with Gasteiger partial charge in [-0.25, -0.2) is 0 Å². The summed E-state index contributed by atoms with van der Waals surface area (Å²) in [4.78, 5) is 11.9. The van der Waals surface area contributed by atoms with Crippen molar-refractivity contribution < 1.29 is 4.79 Å². The topological polar surface area (TPSA) is 29.1 Å². The molecular formula is C15H11BrClNO. The summed E-state index contributed by atoms with van der Waals surface area (Å²) in [5, 5.41) is 2.88. The van der Waals surface area contributed by atoms with Crippen LogP contribution in [-0.2, 0) is 4.79 Å². The molecule has 2 nitrogen and oxygen atoms in total. The number of carbonyl (C=O) groups excluding carboxylic acids is 1. The fourth-order valence-electron chi connectivity index (χ4n) is 1.49. The lowest BCUT2D eigenvalue weighted by atomic mass is 10.2. The van der Waals surface area contributed by atoms with Crippen molar-refractivity contribution in [1.29, 1.82) is 0 Å². The number of nitrogens with one attached hydrogen (secondary N) is 1. The molecule has 0 aliphatic rings. The predicted molar refractivity (Wildman–Crippen MR) is 83.0 cm³/mol. The molecule has 4 heteroatoms. The zero-order valence-electron chi connectivity index (χ0n) is 9.94. The Kier molecular flexibility index (Phi) is 4.77. The molecule has 0 saturated carbocycles. The highest BCUT2D eigenvalue weighted by Crippen LogP contribution is 2.16. The minimum absolute atomic E-state index is 0.147. The molecule has 0 heterocycles. The van der Waals surface area contributed by atoms with E-state index in [1.165, 1.54) is 0 Å². The lowest BCUT2D eigenvalue weighted by Gasteiger charge is -2.04. The number of amides is 1. The van der Waals surface area contributed by atoms with Crippen molar-refractivity contribution in [3.63, 3.8) is 0 Å². The second-order valence-electron chi connectivity index (χ2n) is 3.86. The molecule has 0 unspecified atom stereocenters. The van der Waals surface area contributed by atoms with Gasteiger partial charge in [0.05, 0.1) is 0 Å². The van der Waals surface area contributed by atoms with Crippen LogP contribution in [-0.4, -0.2) is 5.91 Å². The number of anilines is 1. The summed E-state index contributed by atoms with van der Waals surface area (Å²) >= 11 is 9.32. The van der Waals surface area contributed by atoms with Crippen LogP contribution in [0.3, 0.4) is 0 Å². The molecule has 0 fully saturated rings. The van der Waals surface area contributed by atoms with Gasteiger partial charge in [-0.3, -0.25) is 4.79 Å². The van der Waals surface area contributed by atoms with Gasteiger partial charge in [0, 0.05) is 10.2 Å². The highest BCUT2D eigenvalue weighted by atomic mass is 79.9. The lowest BCUT2D eigenvalue weighted by Crippen LogP contribution is -2.11. The number of hydrogen-bond donors (Lipinski definition) is 1. The van der Waals surface area contributed by atoms with Gasteiger partial charge < -0.3 is 5.32 Å². The quantitative estimate of drug-likeness (QED) is 0.811. The lowest BCUT2D eigenvalue weighted by molar-refractivity contribution is -0.112. The highest BCUT2D eigenvalue weighted by Gasteiger charge is 2.06. The zero-order valence-corrected chi connectivity index (χ0v) is 12.3. The third-order valence-electron chi connectivity index (χ3n) is 2.41. The monoisotopic (exact) mass is 335 g/mol. The Balaban J connectivity index is 2.07. The van der Waals surface area contributed by atoms with Gasteiger partial charge in [-0.15, -0.1) is 0 Å². The highest BCUT2D eigenvalue weighted by molar-refractivity contribution is 9.10. The maximum atomic E-state index is 11.9. The molecule has 0 bridgehead atoms. The average molecular weight is 337 g/mol. The Morgan fingerprint density at radius 2 is 1.68 bits per heavy atom. The average Bonchev–Trinajstić information content (AvgIpc) is 2.42. The van der Waals surface area contributed by atoms with Crippen molar-refractivity contribution in [3.8, 4) is 0 Å². The minimum Gasteiger partial charge on any atom is -0.321 e. The molecule has 2 rings (SSSR count). The normalized spacial score (nSPS) is 11.2. The Bertz CT molecular complexity index is 593. The maximum Gasteiger partial charge on any atom is 0.267 e. The van der Waals surface area contributed by atoms with E-state index in [9.17, 15) is 4.79 Å². The van der Waals surface area contributed by atoms with Crippen molar-refractivity contribution in [2.45, 2.75) is 0 Å². The summed E-state index contributed by atoms with van der Waals surface area (Å²) in [7, 11) is 0. The van der Waals surface area contributed by atoms with Crippen molar-refractivity contribution in [3.05, 3.63) is 69.7 Å². The molecule has 1 N–H and O–H groups in total. The van der Waals surface area contributed by atoms with E-state index in [1.54, 1.807) is 18.2 Å². The van der Waals surface area contributed by atoms with Crippen LogP contribution in [0.25, 0.3) is 6.08 Å². The van der Waals surface area contributed by atoms with E-state index in [-0.39, 0.29) is 10.9 Å². The van der Waals surface area contributed by atoms with Gasteiger partial charge in [0.25, 0.3) is 5.91 Å². The number of carbonyl (C=O) groups is 1. The van der Waals surface area contributed by atoms with E-state index >= 15 is 0 Å². The summed E-state index contributed by atoms with van der Waals surface area (Å²) in [5.74, 6) is -0.326. The molecule has 2 aromatic rings. The van der Waals surface area contributed by atoms with Gasteiger partial charge in [0.1, 0.15) is 5.03 Å². The largest absolute Gasteiger partial charge is 0.321 e. The van der Waals surface area contributed by atoms with Crippen LogP contribution in [0.1, 0.15) is 5.56 Å². The van der Waals surface area contributed by atoms with E-state index in [1.807, 2.05) is 42.5 Å². The Hall–Kier alpha value is -1.58. The number of rotatable bonds is 3. The fraction of sp³-hybridized carbons (Fsp3) is 0. The summed E-state index contributed by atoms with van der Waals surface area (Å²) in [6.45, 7) is 0. The molecule has 0 spiro atoms. The van der Waals surface area contributed by atoms with E-state index in [2.05, 4.69) is 21.2 Å². The van der Waals surface area contributed by atoms with Crippen LogP contribution in [0.5, 0.6) is 0 Å². The second-order valence-corrected chi connectivity index (χ2v) is 5.19. The van der Waals surface area contributed by atoms with Crippen LogP contribution in [0, 0.1) is 0 Å². The smallest absolute Gasteiger partial charge is 0.267 e. The molecule has 0 atom stereocenters. The molecule has 0 aliphatic heterocycles. The van der Waals surface area contributed by atoms with E-state index < -0.39 is 0 Å². The van der Waals surface area contributed by atoms with Crippen molar-refractivity contribution in [1.82, 2.24) is 0 Å². The molecule has 19 heavy (non-hydrogen) atoms. The molecule has 0 saturated heterocycles. The van der Waals surface area contributed by atoms with Gasteiger partial charge in [-0.05, 0) is 35.9 Å². The Labute approximate surface area is 125 Å². The molecule has 96 valence electrons. The standard InChI is InChI=1S/C15H11BrClNO/c16-12-6-8-13(9-7-12)18-15(19)14(17)10-11-4-2-1-3-5-11/h1-10H,(H,18,19)/b14-10-. The van der Waals surface area contributed by atoms with Gasteiger partial charge in [0.2, 0.25) is 0 Å². The van der Waals surface area contributed by atoms with Gasteiger partial charge in [-0.2, -0.15) is 0 Å². The van der Waals surface area contributed by atoms with Crippen molar-refractivity contribution in [2.24, 2.45) is 0 Å². The summed E-state index contributed by atoms with van der Waals surface area (Å²) in [6, 6.07) is 16.8. The molecule has 0 aromatic heterocycles. The van der Waals surface area contributed by atoms with Crippen LogP contribution in [0.2, 0.25) is 0 Å². The number of benzene rings is 2. The SMILES string of the molecule is O=C(Nc1ccc(Br)cc1)/C(Cl)=C/c1ccccc1. The molecule has 0 radical (unpaired) electrons. The fourth-order valence-corrected chi connectivity index (χ4v) is 1.92. The summed E-state index contributed by atoms with van der Waals surface area (Å²) in [6.07, 6.45) is 1.63. The van der Waals surface area contributed by atoms with Crippen molar-refractivity contribution in [2.75, 3.05) is 5.32 Å². The number of hydrogen-bond acceptors (Lipinski definition) is 1.